The van der Waals surface area contributed by atoms with Crippen LogP contribution in [0.15, 0.2) is 0 Å². The van der Waals surface area contributed by atoms with Gasteiger partial charge in [0.25, 0.3) is 0 Å². The van der Waals surface area contributed by atoms with E-state index in [2.05, 4.69) is 0 Å². The summed E-state index contributed by atoms with van der Waals surface area (Å²) < 4.78 is 0. The summed E-state index contributed by atoms with van der Waals surface area (Å²) in [5.74, 6) is 1.62. The molecule has 0 fully saturated rings. The van der Waals surface area contributed by atoms with Gasteiger partial charge in [0, 0.05) is 17.3 Å². The summed E-state index contributed by atoms with van der Waals surface area (Å²) in [5, 5.41) is 8.39. The highest BCUT2D eigenvalue weighted by atomic mass is 32.2. The lowest BCUT2D eigenvalue weighted by molar-refractivity contribution is -0.137. The average Bonchev–Trinajstić information content (AvgIpc) is 1.97. The summed E-state index contributed by atoms with van der Waals surface area (Å²) in [7, 11) is 0. The fourth-order valence-corrected chi connectivity index (χ4v) is 2.13. The van der Waals surface area contributed by atoms with Gasteiger partial charge in [0.15, 0.2) is 0 Å². The number of carbonyl (C=O) groups is 1. The van der Waals surface area contributed by atoms with E-state index in [4.69, 9.17) is 10.8 Å². The lowest BCUT2D eigenvalue weighted by Crippen LogP contribution is -2.32. The van der Waals surface area contributed by atoms with Crippen LogP contribution >= 0.6 is 23.5 Å². The third-order valence-electron chi connectivity index (χ3n) is 1.05. The summed E-state index contributed by atoms with van der Waals surface area (Å²) in [6, 6.07) is -0.707. The van der Waals surface area contributed by atoms with Crippen molar-refractivity contribution in [1.82, 2.24) is 0 Å². The van der Waals surface area contributed by atoms with Gasteiger partial charge in [0.1, 0.15) is 6.04 Å². The standard InChI is InChI=1S/C6H13NO2S2/c1-10-2-3-11-4-5(7)6(8)9/h5H,2-4,7H2,1H3,(H,8,9)/t5-/m0/s1. The molecule has 0 radical (unpaired) electrons. The first-order valence-electron chi connectivity index (χ1n) is 3.23. The monoisotopic (exact) mass is 195 g/mol. The van der Waals surface area contributed by atoms with Gasteiger partial charge in [-0.2, -0.15) is 23.5 Å². The molecule has 0 aromatic heterocycles. The summed E-state index contributed by atoms with van der Waals surface area (Å²) in [5.41, 5.74) is 5.27. The Morgan fingerprint density at radius 3 is 2.73 bits per heavy atom. The molecule has 0 bridgehead atoms. The van der Waals surface area contributed by atoms with Crippen LogP contribution in [0.4, 0.5) is 0 Å². The van der Waals surface area contributed by atoms with Crippen molar-refractivity contribution in [2.45, 2.75) is 6.04 Å². The largest absolute Gasteiger partial charge is 0.480 e. The Kier molecular flexibility index (Phi) is 6.90. The van der Waals surface area contributed by atoms with E-state index in [1.165, 1.54) is 0 Å². The van der Waals surface area contributed by atoms with Crippen LogP contribution in [0.5, 0.6) is 0 Å². The Balaban J connectivity index is 3.17. The van der Waals surface area contributed by atoms with Crippen molar-refractivity contribution in [3.63, 3.8) is 0 Å². The Morgan fingerprint density at radius 2 is 2.27 bits per heavy atom. The molecule has 3 nitrogen and oxygen atoms in total. The third kappa shape index (κ3) is 6.52. The molecule has 0 amide bonds. The van der Waals surface area contributed by atoms with Crippen LogP contribution in [-0.2, 0) is 4.79 Å². The zero-order valence-electron chi connectivity index (χ0n) is 6.45. The Bertz CT molecular complexity index is 121. The van der Waals surface area contributed by atoms with Gasteiger partial charge in [-0.3, -0.25) is 4.79 Å². The SMILES string of the molecule is CSCCSC[C@H](N)C(=O)O. The molecule has 0 aliphatic rings. The van der Waals surface area contributed by atoms with Gasteiger partial charge < -0.3 is 10.8 Å². The predicted octanol–water partition coefficient (Wildman–Crippen LogP) is 0.494. The first kappa shape index (κ1) is 11.1. The van der Waals surface area contributed by atoms with E-state index in [0.717, 1.165) is 11.5 Å². The van der Waals surface area contributed by atoms with E-state index < -0.39 is 12.0 Å². The minimum Gasteiger partial charge on any atom is -0.480 e. The molecule has 0 aromatic rings. The molecular formula is C6H13NO2S2. The van der Waals surface area contributed by atoms with Gasteiger partial charge in [-0.05, 0) is 6.26 Å². The van der Waals surface area contributed by atoms with E-state index in [1.54, 1.807) is 23.5 Å². The van der Waals surface area contributed by atoms with E-state index in [9.17, 15) is 4.79 Å². The lowest BCUT2D eigenvalue weighted by Gasteiger charge is -2.04. The van der Waals surface area contributed by atoms with Crippen molar-refractivity contribution in [1.29, 1.82) is 0 Å². The van der Waals surface area contributed by atoms with Crippen molar-refractivity contribution in [2.75, 3.05) is 23.5 Å². The number of rotatable bonds is 6. The zero-order valence-corrected chi connectivity index (χ0v) is 8.08. The Morgan fingerprint density at radius 1 is 1.64 bits per heavy atom. The fraction of sp³-hybridized carbons (Fsp3) is 0.833. The molecule has 3 N–H and O–H groups in total. The minimum atomic E-state index is -0.915. The summed E-state index contributed by atoms with van der Waals surface area (Å²) in [6.07, 6.45) is 2.03. The quantitative estimate of drug-likeness (QED) is 0.604. The number of hydrogen-bond acceptors (Lipinski definition) is 4. The first-order chi connectivity index (χ1) is 5.18. The van der Waals surface area contributed by atoms with Gasteiger partial charge in [-0.15, -0.1) is 0 Å². The van der Waals surface area contributed by atoms with Gasteiger partial charge in [0.05, 0.1) is 0 Å². The molecule has 0 saturated heterocycles. The van der Waals surface area contributed by atoms with Gasteiger partial charge in [-0.1, -0.05) is 0 Å². The fourth-order valence-electron chi connectivity index (χ4n) is 0.424. The van der Waals surface area contributed by atoms with Crippen LogP contribution in [-0.4, -0.2) is 40.6 Å². The maximum atomic E-state index is 10.2. The van der Waals surface area contributed by atoms with E-state index in [-0.39, 0.29) is 0 Å². The van der Waals surface area contributed by atoms with E-state index in [0.29, 0.717) is 5.75 Å². The molecule has 0 spiro atoms. The number of carboxylic acids is 1. The average molecular weight is 195 g/mol. The number of hydrogen-bond donors (Lipinski definition) is 2. The highest BCUT2D eigenvalue weighted by Crippen LogP contribution is 2.04. The molecule has 0 unspecified atom stereocenters. The molecule has 0 saturated carbocycles. The van der Waals surface area contributed by atoms with Crippen LogP contribution in [0.1, 0.15) is 0 Å². The second-order valence-electron chi connectivity index (χ2n) is 2.01. The van der Waals surface area contributed by atoms with E-state index >= 15 is 0 Å². The van der Waals surface area contributed by atoms with Crippen molar-refractivity contribution >= 4 is 29.5 Å². The summed E-state index contributed by atoms with van der Waals surface area (Å²) in [6.45, 7) is 0. The third-order valence-corrected chi connectivity index (χ3v) is 3.00. The second kappa shape index (κ2) is 6.82. The highest BCUT2D eigenvalue weighted by Gasteiger charge is 2.09. The zero-order chi connectivity index (χ0) is 8.69. The van der Waals surface area contributed by atoms with Crippen molar-refractivity contribution in [3.8, 4) is 0 Å². The van der Waals surface area contributed by atoms with Crippen molar-refractivity contribution < 1.29 is 9.90 Å². The summed E-state index contributed by atoms with van der Waals surface area (Å²) in [4.78, 5) is 10.2. The molecular weight excluding hydrogens is 182 g/mol. The van der Waals surface area contributed by atoms with Gasteiger partial charge in [0.2, 0.25) is 0 Å². The lowest BCUT2D eigenvalue weighted by atomic mass is 10.4. The summed E-state index contributed by atoms with van der Waals surface area (Å²) >= 11 is 3.34. The minimum absolute atomic E-state index is 0.510. The predicted molar refractivity (Wildman–Crippen MR) is 51.3 cm³/mol. The highest BCUT2D eigenvalue weighted by molar-refractivity contribution is 8.02. The molecule has 0 rings (SSSR count). The molecule has 1 atom stereocenters. The molecule has 0 aliphatic heterocycles. The number of carboxylic acid groups (broad SMARTS) is 1. The van der Waals surface area contributed by atoms with Crippen LogP contribution in [0.2, 0.25) is 0 Å². The Labute approximate surface area is 75.1 Å². The smallest absolute Gasteiger partial charge is 0.321 e. The van der Waals surface area contributed by atoms with E-state index in [1.807, 2.05) is 6.26 Å². The number of thioether (sulfide) groups is 2. The first-order valence-corrected chi connectivity index (χ1v) is 5.78. The molecule has 5 heteroatoms. The van der Waals surface area contributed by atoms with Crippen molar-refractivity contribution in [2.24, 2.45) is 5.73 Å². The number of nitrogens with two attached hydrogens (primary N) is 1. The van der Waals surface area contributed by atoms with Gasteiger partial charge in [-0.25, -0.2) is 0 Å². The van der Waals surface area contributed by atoms with Crippen LogP contribution in [0, 0.1) is 0 Å². The van der Waals surface area contributed by atoms with Crippen LogP contribution in [0.3, 0.4) is 0 Å². The van der Waals surface area contributed by atoms with Crippen LogP contribution < -0.4 is 5.73 Å². The van der Waals surface area contributed by atoms with Crippen LogP contribution in [0.25, 0.3) is 0 Å². The second-order valence-corrected chi connectivity index (χ2v) is 4.15. The maximum Gasteiger partial charge on any atom is 0.321 e. The van der Waals surface area contributed by atoms with Gasteiger partial charge >= 0.3 is 5.97 Å². The Hall–Kier alpha value is 0.130. The molecule has 0 heterocycles. The molecule has 66 valence electrons. The molecule has 11 heavy (non-hydrogen) atoms. The number of aliphatic carboxylic acids is 1. The van der Waals surface area contributed by atoms with Crippen molar-refractivity contribution in [3.05, 3.63) is 0 Å². The maximum absolute atomic E-state index is 10.2. The topological polar surface area (TPSA) is 63.3 Å². The normalized spacial score (nSPS) is 12.9. The molecule has 0 aliphatic carbocycles. The molecule has 0 aromatic carbocycles.